The molecule has 2 aromatic rings. The van der Waals surface area contributed by atoms with Gasteiger partial charge in [0.1, 0.15) is 0 Å². The maximum Gasteiger partial charge on any atom is 0.515 e. The third kappa shape index (κ3) is 8.35. The van der Waals surface area contributed by atoms with Gasteiger partial charge >= 0.3 is 30.4 Å². The Balaban J connectivity index is 0.000000254. The molecule has 0 aromatic heterocycles. The number of methoxy groups -OCH3 is 3. The van der Waals surface area contributed by atoms with Crippen molar-refractivity contribution >= 4 is 30.4 Å². The fourth-order valence-electron chi connectivity index (χ4n) is 6.35. The topological polar surface area (TPSA) is 161 Å². The molecule has 2 saturated carbocycles. The first kappa shape index (κ1) is 35.9. The lowest BCUT2D eigenvalue weighted by Gasteiger charge is -2.39. The number of esters is 1. The molecule has 2 fully saturated rings. The number of carboxylic acid groups (broad SMARTS) is 1. The van der Waals surface area contributed by atoms with Crippen molar-refractivity contribution in [3.63, 3.8) is 0 Å². The van der Waals surface area contributed by atoms with Gasteiger partial charge in [-0.3, -0.25) is 0 Å². The first-order valence-electron chi connectivity index (χ1n) is 15.3. The molecule has 0 bridgehead atoms. The highest BCUT2D eigenvalue weighted by Gasteiger charge is 2.54. The van der Waals surface area contributed by atoms with E-state index in [1.807, 2.05) is 0 Å². The predicted molar refractivity (Wildman–Crippen MR) is 163 cm³/mol. The summed E-state index contributed by atoms with van der Waals surface area (Å²) in [7, 11) is 3.44. The minimum atomic E-state index is -1.76. The van der Waals surface area contributed by atoms with E-state index in [1.165, 1.54) is 7.11 Å². The summed E-state index contributed by atoms with van der Waals surface area (Å²) in [6.45, 7) is 0. The summed E-state index contributed by atoms with van der Waals surface area (Å²) in [5.74, 6) is -2.71. The van der Waals surface area contributed by atoms with Crippen LogP contribution in [0.3, 0.4) is 0 Å². The van der Waals surface area contributed by atoms with Crippen molar-refractivity contribution in [1.82, 2.24) is 0 Å². The van der Waals surface area contributed by atoms with Gasteiger partial charge in [-0.15, -0.1) is 0 Å². The summed E-state index contributed by atoms with van der Waals surface area (Å²) >= 11 is 0. The first-order valence-corrected chi connectivity index (χ1v) is 15.3. The molecule has 12 heteroatoms. The number of carbonyl (C=O) groups excluding carboxylic acids is 4. The maximum atomic E-state index is 12.9. The zero-order valence-corrected chi connectivity index (χ0v) is 26.4. The van der Waals surface area contributed by atoms with E-state index in [0.717, 1.165) is 65.6 Å². The molecule has 0 radical (unpaired) electrons. The van der Waals surface area contributed by atoms with Crippen LogP contribution in [0.2, 0.25) is 0 Å². The summed E-state index contributed by atoms with van der Waals surface area (Å²) in [6, 6.07) is 17.2. The van der Waals surface area contributed by atoms with Gasteiger partial charge in [0.05, 0.1) is 21.3 Å². The molecule has 0 spiro atoms. The highest BCUT2D eigenvalue weighted by Crippen LogP contribution is 2.44. The lowest BCUT2D eigenvalue weighted by atomic mass is 9.73. The number of carboxylic acids is 1. The van der Waals surface area contributed by atoms with E-state index < -0.39 is 41.6 Å². The Kier molecular flexibility index (Phi) is 13.4. The van der Waals surface area contributed by atoms with E-state index in [4.69, 9.17) is 14.2 Å². The molecule has 2 aromatic carbocycles. The lowest BCUT2D eigenvalue weighted by molar-refractivity contribution is -0.174. The average Bonchev–Trinajstić information content (AvgIpc) is 3.10. The van der Waals surface area contributed by atoms with Gasteiger partial charge in [0.2, 0.25) is 11.2 Å². The van der Waals surface area contributed by atoms with E-state index in [2.05, 4.69) is 14.2 Å². The monoisotopic (exact) mass is 642 g/mol. The Morgan fingerprint density at radius 2 is 0.935 bits per heavy atom. The number of carbonyl (C=O) groups is 5. The molecule has 2 atom stereocenters. The molecule has 0 heterocycles. The van der Waals surface area contributed by atoms with Crippen molar-refractivity contribution < 1.29 is 57.5 Å². The van der Waals surface area contributed by atoms with Gasteiger partial charge in [-0.2, -0.15) is 0 Å². The standard InChI is InChI=1S/C18H22O7.C16H20O5/c1-22-16(20)24-15(19)18(25-17(21)23-2,13-9-5-3-6-10-13)14-11-7-4-8-12-14;1-20-15(19)21-16(14(17)18,12-8-4-2-5-9-12)13-10-6-3-7-11-13/h3,5-6,9-10,14H,4,7-8,11-12H2,1-2H3;2,4-5,8-9,13H,3,6-7,10-11H2,1H3,(H,17,18). The van der Waals surface area contributed by atoms with Crippen molar-refractivity contribution in [2.24, 2.45) is 11.8 Å². The quantitative estimate of drug-likeness (QED) is 0.181. The normalized spacial score (nSPS) is 17.7. The zero-order valence-electron chi connectivity index (χ0n) is 26.4. The van der Waals surface area contributed by atoms with Crippen LogP contribution in [-0.2, 0) is 49.2 Å². The number of benzene rings is 2. The predicted octanol–water partition coefficient (Wildman–Crippen LogP) is 6.88. The zero-order chi connectivity index (χ0) is 33.6. The second kappa shape index (κ2) is 17.2. The van der Waals surface area contributed by atoms with Crippen molar-refractivity contribution in [3.8, 4) is 0 Å². The van der Waals surface area contributed by atoms with Crippen LogP contribution in [0.1, 0.15) is 75.3 Å². The van der Waals surface area contributed by atoms with Gasteiger partial charge in [0, 0.05) is 23.0 Å². The van der Waals surface area contributed by atoms with Crippen molar-refractivity contribution in [2.75, 3.05) is 21.3 Å². The van der Waals surface area contributed by atoms with E-state index >= 15 is 0 Å². The molecule has 0 aliphatic heterocycles. The van der Waals surface area contributed by atoms with Gasteiger partial charge in [-0.25, -0.2) is 24.0 Å². The summed E-state index contributed by atoms with van der Waals surface area (Å²) in [5.41, 5.74) is -2.52. The van der Waals surface area contributed by atoms with Crippen LogP contribution >= 0.6 is 0 Å². The van der Waals surface area contributed by atoms with E-state index in [1.54, 1.807) is 60.7 Å². The third-order valence-corrected chi connectivity index (χ3v) is 8.55. The number of ether oxygens (including phenoxy) is 6. The lowest BCUT2D eigenvalue weighted by Crippen LogP contribution is -2.49. The molecule has 46 heavy (non-hydrogen) atoms. The smallest absolute Gasteiger partial charge is 0.478 e. The fraction of sp³-hybridized carbons (Fsp3) is 0.500. The van der Waals surface area contributed by atoms with Crippen molar-refractivity contribution in [3.05, 3.63) is 71.8 Å². The maximum absolute atomic E-state index is 12.9. The number of aliphatic carboxylic acids is 1. The van der Waals surface area contributed by atoms with E-state index in [0.29, 0.717) is 24.0 Å². The van der Waals surface area contributed by atoms with Crippen molar-refractivity contribution in [2.45, 2.75) is 75.4 Å². The van der Waals surface area contributed by atoms with Crippen LogP contribution in [0.4, 0.5) is 14.4 Å². The third-order valence-electron chi connectivity index (χ3n) is 8.55. The van der Waals surface area contributed by atoms with Gasteiger partial charge in [-0.05, 0) is 25.7 Å². The van der Waals surface area contributed by atoms with Crippen LogP contribution in [0.15, 0.2) is 60.7 Å². The second-order valence-corrected chi connectivity index (χ2v) is 11.1. The molecule has 1 N–H and O–H groups in total. The molecule has 0 amide bonds. The first-order chi connectivity index (χ1) is 22.1. The van der Waals surface area contributed by atoms with Gasteiger partial charge in [0.15, 0.2) is 0 Å². The van der Waals surface area contributed by atoms with Crippen LogP contribution in [0.5, 0.6) is 0 Å². The largest absolute Gasteiger partial charge is 0.515 e. The minimum absolute atomic E-state index is 0.245. The van der Waals surface area contributed by atoms with Crippen LogP contribution in [0.25, 0.3) is 0 Å². The second-order valence-electron chi connectivity index (χ2n) is 11.1. The van der Waals surface area contributed by atoms with Crippen LogP contribution < -0.4 is 0 Å². The molecule has 0 saturated heterocycles. The highest BCUT2D eigenvalue weighted by molar-refractivity contribution is 5.90. The van der Waals surface area contributed by atoms with E-state index in [9.17, 15) is 29.1 Å². The average molecular weight is 643 g/mol. The Morgan fingerprint density at radius 3 is 1.33 bits per heavy atom. The Labute approximate surface area is 268 Å². The molecule has 4 rings (SSSR count). The summed E-state index contributed by atoms with van der Waals surface area (Å²) in [5, 5.41) is 9.84. The molecule has 250 valence electrons. The van der Waals surface area contributed by atoms with Gasteiger partial charge in [0.25, 0.3) is 0 Å². The number of hydrogen-bond donors (Lipinski definition) is 1. The summed E-state index contributed by atoms with van der Waals surface area (Å²) < 4.78 is 29.2. The Morgan fingerprint density at radius 1 is 0.565 bits per heavy atom. The summed E-state index contributed by atoms with van der Waals surface area (Å²) in [6.07, 6.45) is 5.38. The Hall–Kier alpha value is -4.61. The van der Waals surface area contributed by atoms with Gasteiger partial charge in [-0.1, -0.05) is 99.2 Å². The van der Waals surface area contributed by atoms with Crippen molar-refractivity contribution in [1.29, 1.82) is 0 Å². The van der Waals surface area contributed by atoms with Gasteiger partial charge < -0.3 is 33.5 Å². The molecule has 12 nitrogen and oxygen atoms in total. The number of hydrogen-bond acceptors (Lipinski definition) is 11. The molecule has 2 aliphatic rings. The van der Waals surface area contributed by atoms with E-state index in [-0.39, 0.29) is 11.8 Å². The minimum Gasteiger partial charge on any atom is -0.478 e. The van der Waals surface area contributed by atoms with Crippen LogP contribution in [0, 0.1) is 11.8 Å². The number of rotatable bonds is 8. The highest BCUT2D eigenvalue weighted by atomic mass is 16.8. The van der Waals surface area contributed by atoms with Crippen LogP contribution in [-0.4, -0.2) is 56.8 Å². The SMILES string of the molecule is COC(=O)OC(=O)C(OC(=O)OC)(c1ccccc1)C1CCCCC1.COC(=O)OC(C(=O)O)(c1ccccc1)C1CCCCC1. The Bertz CT molecular complexity index is 1300. The molecular weight excluding hydrogens is 600 g/mol. The molecule has 2 aliphatic carbocycles. The molecular formula is C34H42O12. The molecule has 2 unspecified atom stereocenters. The fourth-order valence-corrected chi connectivity index (χ4v) is 6.35. The summed E-state index contributed by atoms with van der Waals surface area (Å²) in [4.78, 5) is 60.0.